The van der Waals surface area contributed by atoms with E-state index in [0.29, 0.717) is 11.3 Å². The molecule has 0 fully saturated rings. The lowest BCUT2D eigenvalue weighted by molar-refractivity contribution is -0.154. The summed E-state index contributed by atoms with van der Waals surface area (Å²) in [4.78, 5) is 12.0. The van der Waals surface area contributed by atoms with E-state index in [-0.39, 0.29) is 24.4 Å². The van der Waals surface area contributed by atoms with Crippen molar-refractivity contribution in [1.82, 2.24) is 0 Å². The monoisotopic (exact) mass is 433 g/mol. The molecule has 166 valence electrons. The number of carbonyl (C=O) groups excluding carboxylic acids is 1. The molecule has 0 saturated heterocycles. The normalized spacial score (nSPS) is 18.9. The molecule has 0 spiro atoms. The first-order valence-electron chi connectivity index (χ1n) is 10.8. The fraction of sp³-hybridized carbons (Fsp3) is 0.296. The largest absolute Gasteiger partial charge is 0.488 e. The Bertz CT molecular complexity index is 1140. The van der Waals surface area contributed by atoms with E-state index in [4.69, 9.17) is 9.47 Å². The van der Waals surface area contributed by atoms with Crippen LogP contribution in [0.25, 0.3) is 0 Å². The highest BCUT2D eigenvalue weighted by Crippen LogP contribution is 2.54. The van der Waals surface area contributed by atoms with Crippen LogP contribution < -0.4 is 10.1 Å². The van der Waals surface area contributed by atoms with E-state index in [9.17, 15) is 9.18 Å². The Morgan fingerprint density at radius 1 is 1.03 bits per heavy atom. The molecule has 1 N–H and O–H groups in total. The van der Waals surface area contributed by atoms with Gasteiger partial charge < -0.3 is 14.8 Å². The molecular formula is C27H28FNO3. The zero-order valence-electron chi connectivity index (χ0n) is 18.8. The van der Waals surface area contributed by atoms with Gasteiger partial charge in [-0.2, -0.15) is 0 Å². The Balaban J connectivity index is 1.72. The van der Waals surface area contributed by atoms with Crippen molar-refractivity contribution in [2.75, 3.05) is 5.32 Å². The summed E-state index contributed by atoms with van der Waals surface area (Å²) in [5.74, 6) is 0.0547. The Labute approximate surface area is 188 Å². The summed E-state index contributed by atoms with van der Waals surface area (Å²) in [6, 6.07) is 20.3. The van der Waals surface area contributed by atoms with E-state index in [1.165, 1.54) is 13.0 Å². The van der Waals surface area contributed by atoms with Gasteiger partial charge in [-0.15, -0.1) is 0 Å². The minimum absolute atomic E-state index is 0.125. The number of hydrogen-bond donors (Lipinski definition) is 1. The van der Waals surface area contributed by atoms with Crippen LogP contribution in [0.15, 0.2) is 66.7 Å². The van der Waals surface area contributed by atoms with Crippen molar-refractivity contribution >= 4 is 11.7 Å². The van der Waals surface area contributed by atoms with Crippen molar-refractivity contribution < 1.29 is 18.7 Å². The summed E-state index contributed by atoms with van der Waals surface area (Å²) < 4.78 is 26.0. The number of fused-ring (bicyclic) bond motifs is 1. The second-order valence-electron chi connectivity index (χ2n) is 8.90. The number of benzene rings is 3. The lowest BCUT2D eigenvalue weighted by Crippen LogP contribution is -2.40. The number of esters is 1. The Morgan fingerprint density at radius 2 is 1.75 bits per heavy atom. The van der Waals surface area contributed by atoms with Crippen molar-refractivity contribution in [2.24, 2.45) is 5.41 Å². The molecule has 0 amide bonds. The van der Waals surface area contributed by atoms with Gasteiger partial charge in [0, 0.05) is 34.7 Å². The van der Waals surface area contributed by atoms with E-state index in [0.717, 1.165) is 22.4 Å². The highest BCUT2D eigenvalue weighted by atomic mass is 19.1. The summed E-state index contributed by atoms with van der Waals surface area (Å²) in [7, 11) is 0. The average Bonchev–Trinajstić information content (AvgIpc) is 2.75. The smallest absolute Gasteiger partial charge is 0.303 e. The number of halogens is 1. The molecule has 0 saturated carbocycles. The predicted octanol–water partition coefficient (Wildman–Crippen LogP) is 6.51. The fourth-order valence-electron chi connectivity index (χ4n) is 4.41. The maximum Gasteiger partial charge on any atom is 0.303 e. The van der Waals surface area contributed by atoms with Crippen LogP contribution in [0.2, 0.25) is 0 Å². The maximum absolute atomic E-state index is 14.1. The summed E-state index contributed by atoms with van der Waals surface area (Å²) >= 11 is 0. The minimum atomic E-state index is -0.482. The SMILES string of the molecule is CC(=O)O[C@@H]1c2cc(C)ccc2N[C@@H](c2ccccc2OCc2ccccc2F)C1(C)C. The van der Waals surface area contributed by atoms with Crippen LogP contribution in [0, 0.1) is 18.2 Å². The molecule has 1 aliphatic heterocycles. The van der Waals surface area contributed by atoms with E-state index in [1.807, 2.05) is 43.3 Å². The third kappa shape index (κ3) is 4.20. The number of ether oxygens (including phenoxy) is 2. The zero-order chi connectivity index (χ0) is 22.9. The highest BCUT2D eigenvalue weighted by Gasteiger charge is 2.46. The third-order valence-corrected chi connectivity index (χ3v) is 6.06. The van der Waals surface area contributed by atoms with Crippen LogP contribution in [0.4, 0.5) is 10.1 Å². The van der Waals surface area contributed by atoms with Crippen LogP contribution >= 0.6 is 0 Å². The van der Waals surface area contributed by atoms with Gasteiger partial charge in [0.05, 0.1) is 6.04 Å². The molecule has 0 aromatic heterocycles. The van der Waals surface area contributed by atoms with Crippen molar-refractivity contribution in [3.05, 3.63) is 94.8 Å². The molecule has 0 radical (unpaired) electrons. The minimum Gasteiger partial charge on any atom is -0.488 e. The van der Waals surface area contributed by atoms with Crippen molar-refractivity contribution in [2.45, 2.75) is 46.4 Å². The Hall–Kier alpha value is -3.34. The average molecular weight is 434 g/mol. The molecule has 4 nitrogen and oxygen atoms in total. The van der Waals surface area contributed by atoms with Gasteiger partial charge in [0.15, 0.2) is 0 Å². The van der Waals surface area contributed by atoms with Crippen LogP contribution in [-0.4, -0.2) is 5.97 Å². The van der Waals surface area contributed by atoms with Crippen LogP contribution in [-0.2, 0) is 16.1 Å². The number of nitrogens with one attached hydrogen (secondary N) is 1. The molecule has 4 rings (SSSR count). The number of rotatable bonds is 5. The molecule has 5 heteroatoms. The second-order valence-corrected chi connectivity index (χ2v) is 8.90. The molecule has 0 bridgehead atoms. The van der Waals surface area contributed by atoms with Crippen LogP contribution in [0.5, 0.6) is 5.75 Å². The Kier molecular flexibility index (Phi) is 5.92. The van der Waals surface area contributed by atoms with E-state index in [2.05, 4.69) is 25.2 Å². The lowest BCUT2D eigenvalue weighted by Gasteiger charge is -2.46. The molecule has 0 aliphatic carbocycles. The van der Waals surface area contributed by atoms with Gasteiger partial charge in [0.2, 0.25) is 0 Å². The highest BCUT2D eigenvalue weighted by molar-refractivity contribution is 5.68. The van der Waals surface area contributed by atoms with Gasteiger partial charge in [-0.05, 0) is 25.1 Å². The van der Waals surface area contributed by atoms with Crippen molar-refractivity contribution in [1.29, 1.82) is 0 Å². The number of hydrogen-bond acceptors (Lipinski definition) is 4. The van der Waals surface area contributed by atoms with Crippen molar-refractivity contribution in [3.63, 3.8) is 0 Å². The van der Waals surface area contributed by atoms with Gasteiger partial charge in [0.1, 0.15) is 24.3 Å². The molecule has 1 heterocycles. The number of para-hydroxylation sites is 1. The number of aryl methyl sites for hydroxylation is 1. The first-order chi connectivity index (χ1) is 15.3. The lowest BCUT2D eigenvalue weighted by atomic mass is 9.70. The first-order valence-corrected chi connectivity index (χ1v) is 10.8. The predicted molar refractivity (Wildman–Crippen MR) is 123 cm³/mol. The topological polar surface area (TPSA) is 47.6 Å². The van der Waals surface area contributed by atoms with E-state index in [1.54, 1.807) is 18.2 Å². The second kappa shape index (κ2) is 8.65. The molecule has 2 atom stereocenters. The number of anilines is 1. The summed E-state index contributed by atoms with van der Waals surface area (Å²) in [5, 5.41) is 3.64. The standard InChI is InChI=1S/C27H28FNO3/c1-17-13-14-23-21(15-17)26(32-18(2)30)27(3,4)25(29-23)20-10-6-8-12-24(20)31-16-19-9-5-7-11-22(19)28/h5-15,25-26,29H,16H2,1-4H3/t25-,26+/m0/s1. The van der Waals surface area contributed by atoms with Crippen molar-refractivity contribution in [3.8, 4) is 5.75 Å². The Morgan fingerprint density at radius 3 is 2.50 bits per heavy atom. The quantitative estimate of drug-likeness (QED) is 0.466. The van der Waals surface area contributed by atoms with E-state index >= 15 is 0 Å². The van der Waals surface area contributed by atoms with Gasteiger partial charge in [-0.25, -0.2) is 4.39 Å². The molecule has 3 aromatic carbocycles. The number of carbonyl (C=O) groups is 1. The summed E-state index contributed by atoms with van der Waals surface area (Å²) in [6.07, 6.45) is -0.430. The van der Waals surface area contributed by atoms with Crippen LogP contribution in [0.1, 0.15) is 55.2 Å². The summed E-state index contributed by atoms with van der Waals surface area (Å²) in [5.41, 5.74) is 3.94. The molecular weight excluding hydrogens is 405 g/mol. The van der Waals surface area contributed by atoms with Crippen LogP contribution in [0.3, 0.4) is 0 Å². The third-order valence-electron chi connectivity index (χ3n) is 6.06. The molecule has 1 aliphatic rings. The summed E-state index contributed by atoms with van der Waals surface area (Å²) in [6.45, 7) is 7.75. The zero-order valence-corrected chi connectivity index (χ0v) is 18.8. The fourth-order valence-corrected chi connectivity index (χ4v) is 4.41. The van der Waals surface area contributed by atoms with Gasteiger partial charge >= 0.3 is 5.97 Å². The molecule has 32 heavy (non-hydrogen) atoms. The molecule has 0 unspecified atom stereocenters. The first kappa shape index (κ1) is 21.9. The van der Waals surface area contributed by atoms with E-state index < -0.39 is 11.5 Å². The molecule has 3 aromatic rings. The van der Waals surface area contributed by atoms with Gasteiger partial charge in [-0.3, -0.25) is 4.79 Å². The van der Waals surface area contributed by atoms with Gasteiger partial charge in [0.25, 0.3) is 0 Å². The van der Waals surface area contributed by atoms with Gasteiger partial charge in [-0.1, -0.05) is 67.9 Å². The maximum atomic E-state index is 14.1.